The number of fused-ring (bicyclic) bond motifs is 2. The summed E-state index contributed by atoms with van der Waals surface area (Å²) in [5, 5.41) is 5.66. The molecule has 0 aromatic heterocycles. The molecule has 0 saturated heterocycles. The first-order valence-corrected chi connectivity index (χ1v) is 7.78. The van der Waals surface area contributed by atoms with E-state index in [1.54, 1.807) is 18.2 Å². The molecule has 2 amide bonds. The lowest BCUT2D eigenvalue weighted by molar-refractivity contribution is -0.115. The van der Waals surface area contributed by atoms with Gasteiger partial charge in [0.15, 0.2) is 11.5 Å². The van der Waals surface area contributed by atoms with Crippen LogP contribution in [-0.2, 0) is 17.6 Å². The van der Waals surface area contributed by atoms with E-state index in [1.165, 1.54) is 0 Å². The number of nitrogens with one attached hydrogen (secondary N) is 2. The molecule has 2 N–H and O–H groups in total. The quantitative estimate of drug-likeness (QED) is 0.900. The van der Waals surface area contributed by atoms with Crippen LogP contribution in [0, 0.1) is 0 Å². The summed E-state index contributed by atoms with van der Waals surface area (Å²) in [6, 6.07) is 11.0. The Bertz CT molecular complexity index is 832. The molecule has 0 fully saturated rings. The van der Waals surface area contributed by atoms with E-state index in [0.29, 0.717) is 24.9 Å². The largest absolute Gasteiger partial charge is 0.454 e. The Hall–Kier alpha value is -3.02. The maximum absolute atomic E-state index is 12.2. The number of anilines is 1. The summed E-state index contributed by atoms with van der Waals surface area (Å²) in [7, 11) is 0. The third-order valence-electron chi connectivity index (χ3n) is 4.13. The summed E-state index contributed by atoms with van der Waals surface area (Å²) in [6.07, 6.45) is 1.03. The number of amides is 2. The zero-order valence-corrected chi connectivity index (χ0v) is 12.9. The van der Waals surface area contributed by atoms with Crippen molar-refractivity contribution >= 4 is 17.5 Å². The standard InChI is InChI=1S/C18H16N2O4/c21-17-9-13-8-12(2-3-14(13)20-17)18(22)19-6-5-11-1-4-15-16(7-11)24-10-23-15/h1-4,7-8H,5-6,9-10H2,(H,19,22)(H,20,21). The van der Waals surface area contributed by atoms with Crippen molar-refractivity contribution in [2.24, 2.45) is 0 Å². The Balaban J connectivity index is 1.35. The summed E-state index contributed by atoms with van der Waals surface area (Å²) < 4.78 is 10.6. The maximum Gasteiger partial charge on any atom is 0.251 e. The number of rotatable bonds is 4. The summed E-state index contributed by atoms with van der Waals surface area (Å²) in [4.78, 5) is 23.6. The highest BCUT2D eigenvalue weighted by Gasteiger charge is 2.19. The molecule has 4 rings (SSSR count). The van der Waals surface area contributed by atoms with Crippen LogP contribution in [0.25, 0.3) is 0 Å². The van der Waals surface area contributed by atoms with E-state index in [-0.39, 0.29) is 18.6 Å². The van der Waals surface area contributed by atoms with Crippen LogP contribution in [0.2, 0.25) is 0 Å². The molecule has 0 atom stereocenters. The van der Waals surface area contributed by atoms with Gasteiger partial charge in [-0.15, -0.1) is 0 Å². The van der Waals surface area contributed by atoms with Crippen molar-refractivity contribution in [3.8, 4) is 11.5 Å². The summed E-state index contributed by atoms with van der Waals surface area (Å²) in [5.41, 5.74) is 3.29. The van der Waals surface area contributed by atoms with Crippen molar-refractivity contribution in [2.75, 3.05) is 18.7 Å². The fraction of sp³-hybridized carbons (Fsp3) is 0.222. The van der Waals surface area contributed by atoms with Crippen LogP contribution in [-0.4, -0.2) is 25.2 Å². The minimum absolute atomic E-state index is 0.0367. The number of benzene rings is 2. The van der Waals surface area contributed by atoms with Crippen molar-refractivity contribution in [3.63, 3.8) is 0 Å². The van der Waals surface area contributed by atoms with E-state index in [2.05, 4.69) is 10.6 Å². The summed E-state index contributed by atoms with van der Waals surface area (Å²) in [5.74, 6) is 1.32. The van der Waals surface area contributed by atoms with Crippen LogP contribution < -0.4 is 20.1 Å². The summed E-state index contributed by atoms with van der Waals surface area (Å²) in [6.45, 7) is 0.776. The first-order valence-electron chi connectivity index (χ1n) is 7.78. The summed E-state index contributed by atoms with van der Waals surface area (Å²) >= 11 is 0. The average molecular weight is 324 g/mol. The highest BCUT2D eigenvalue weighted by atomic mass is 16.7. The first-order chi connectivity index (χ1) is 11.7. The maximum atomic E-state index is 12.2. The third kappa shape index (κ3) is 2.78. The van der Waals surface area contributed by atoms with Gasteiger partial charge in [-0.05, 0) is 47.9 Å². The van der Waals surface area contributed by atoms with Crippen LogP contribution in [0.1, 0.15) is 21.5 Å². The third-order valence-corrected chi connectivity index (χ3v) is 4.13. The van der Waals surface area contributed by atoms with Crippen LogP contribution >= 0.6 is 0 Å². The Morgan fingerprint density at radius 3 is 2.92 bits per heavy atom. The van der Waals surface area contributed by atoms with Crippen molar-refractivity contribution in [3.05, 3.63) is 53.1 Å². The van der Waals surface area contributed by atoms with Gasteiger partial charge in [-0.2, -0.15) is 0 Å². The predicted molar refractivity (Wildman–Crippen MR) is 87.4 cm³/mol. The van der Waals surface area contributed by atoms with E-state index < -0.39 is 0 Å². The van der Waals surface area contributed by atoms with Gasteiger partial charge in [-0.3, -0.25) is 9.59 Å². The van der Waals surface area contributed by atoms with E-state index in [9.17, 15) is 9.59 Å². The van der Waals surface area contributed by atoms with Crippen LogP contribution in [0.4, 0.5) is 5.69 Å². The number of ether oxygens (including phenoxy) is 2. The molecule has 24 heavy (non-hydrogen) atoms. The monoisotopic (exact) mass is 324 g/mol. The zero-order valence-electron chi connectivity index (χ0n) is 12.9. The number of hydrogen-bond acceptors (Lipinski definition) is 4. The topological polar surface area (TPSA) is 76.7 Å². The van der Waals surface area contributed by atoms with Crippen LogP contribution in [0.15, 0.2) is 36.4 Å². The van der Waals surface area contributed by atoms with E-state index >= 15 is 0 Å². The van der Waals surface area contributed by atoms with Crippen LogP contribution in [0.3, 0.4) is 0 Å². The Morgan fingerprint density at radius 1 is 1.12 bits per heavy atom. The van der Waals surface area contributed by atoms with Gasteiger partial charge >= 0.3 is 0 Å². The van der Waals surface area contributed by atoms with E-state index in [1.807, 2.05) is 18.2 Å². The fourth-order valence-corrected chi connectivity index (χ4v) is 2.89. The lowest BCUT2D eigenvalue weighted by Gasteiger charge is -2.07. The number of hydrogen-bond donors (Lipinski definition) is 2. The minimum Gasteiger partial charge on any atom is -0.454 e. The second kappa shape index (κ2) is 5.88. The van der Waals surface area contributed by atoms with Crippen molar-refractivity contribution in [1.29, 1.82) is 0 Å². The molecule has 6 nitrogen and oxygen atoms in total. The molecule has 0 unspecified atom stereocenters. The molecule has 0 spiro atoms. The second-order valence-electron chi connectivity index (χ2n) is 5.79. The molecule has 2 aliphatic heterocycles. The Labute approximate surface area is 138 Å². The highest BCUT2D eigenvalue weighted by Crippen LogP contribution is 2.32. The molecule has 0 radical (unpaired) electrons. The van der Waals surface area contributed by atoms with Crippen molar-refractivity contribution in [2.45, 2.75) is 12.8 Å². The smallest absolute Gasteiger partial charge is 0.251 e. The van der Waals surface area contributed by atoms with Gasteiger partial charge < -0.3 is 20.1 Å². The van der Waals surface area contributed by atoms with Gasteiger partial charge in [0.2, 0.25) is 12.7 Å². The van der Waals surface area contributed by atoms with Gasteiger partial charge in [0.1, 0.15) is 0 Å². The zero-order chi connectivity index (χ0) is 16.5. The SMILES string of the molecule is O=C1Cc2cc(C(=O)NCCc3ccc4c(c3)OCO4)ccc2N1. The molecule has 122 valence electrons. The molecule has 2 heterocycles. The van der Waals surface area contributed by atoms with Crippen molar-refractivity contribution < 1.29 is 19.1 Å². The van der Waals surface area contributed by atoms with E-state index in [4.69, 9.17) is 9.47 Å². The lowest BCUT2D eigenvalue weighted by atomic mass is 10.1. The van der Waals surface area contributed by atoms with Gasteiger partial charge in [-0.1, -0.05) is 6.07 Å². The predicted octanol–water partition coefficient (Wildman–Crippen LogP) is 1.88. The average Bonchev–Trinajstić information content (AvgIpc) is 3.18. The Morgan fingerprint density at radius 2 is 2.00 bits per heavy atom. The molecule has 2 aromatic rings. The van der Waals surface area contributed by atoms with Gasteiger partial charge in [-0.25, -0.2) is 0 Å². The lowest BCUT2D eigenvalue weighted by Crippen LogP contribution is -2.25. The molecular weight excluding hydrogens is 308 g/mol. The second-order valence-corrected chi connectivity index (χ2v) is 5.79. The molecule has 0 bridgehead atoms. The minimum atomic E-state index is -0.141. The molecule has 0 aliphatic carbocycles. The molecule has 2 aromatic carbocycles. The molecular formula is C18H16N2O4. The first kappa shape index (κ1) is 14.6. The molecule has 2 aliphatic rings. The van der Waals surface area contributed by atoms with E-state index in [0.717, 1.165) is 28.3 Å². The van der Waals surface area contributed by atoms with Gasteiger partial charge in [0.25, 0.3) is 5.91 Å². The van der Waals surface area contributed by atoms with Gasteiger partial charge in [0.05, 0.1) is 6.42 Å². The number of carbonyl (C=O) groups is 2. The Kier molecular flexibility index (Phi) is 3.57. The van der Waals surface area contributed by atoms with Crippen LogP contribution in [0.5, 0.6) is 11.5 Å². The normalized spacial score (nSPS) is 14.2. The fourth-order valence-electron chi connectivity index (χ4n) is 2.89. The van der Waals surface area contributed by atoms with Gasteiger partial charge in [0, 0.05) is 17.8 Å². The molecule has 0 saturated carbocycles. The number of carbonyl (C=O) groups excluding carboxylic acids is 2. The van der Waals surface area contributed by atoms with Crippen molar-refractivity contribution in [1.82, 2.24) is 5.32 Å². The molecule has 6 heteroatoms. The highest BCUT2D eigenvalue weighted by molar-refractivity contribution is 6.01.